The number of rotatable bonds is 5. The molecule has 138 valence electrons. The fraction of sp³-hybridized carbons (Fsp3) is 0.105. The maximum Gasteiger partial charge on any atom is 0.251 e. The largest absolute Gasteiger partial charge is 0.366 e. The number of nitrogens with zero attached hydrogens (tertiary/aromatic N) is 2. The van der Waals surface area contributed by atoms with Gasteiger partial charge in [0.05, 0.1) is 23.5 Å². The molecule has 2 aromatic carbocycles. The first-order valence-corrected chi connectivity index (χ1v) is 7.97. The summed E-state index contributed by atoms with van der Waals surface area (Å²) in [5.74, 6) is -3.06. The fourth-order valence-corrected chi connectivity index (χ4v) is 2.82. The Balaban J connectivity index is 1.99. The number of carbonyl (C=O) groups excluding carboxylic acids is 1. The molecule has 5 nitrogen and oxygen atoms in total. The Morgan fingerprint density at radius 1 is 1.04 bits per heavy atom. The van der Waals surface area contributed by atoms with Gasteiger partial charge in [-0.25, -0.2) is 13.2 Å². The highest BCUT2D eigenvalue weighted by Crippen LogP contribution is 2.28. The lowest BCUT2D eigenvalue weighted by Gasteiger charge is -2.15. The first-order valence-electron chi connectivity index (χ1n) is 7.97. The smallest absolute Gasteiger partial charge is 0.251 e. The summed E-state index contributed by atoms with van der Waals surface area (Å²) in [5.41, 5.74) is 12.8. The fourth-order valence-electron chi connectivity index (χ4n) is 2.82. The zero-order valence-electron chi connectivity index (χ0n) is 14.0. The highest BCUT2D eigenvalue weighted by atomic mass is 19.1. The number of hydrogen-bond donors (Lipinski definition) is 2. The van der Waals surface area contributed by atoms with Crippen LogP contribution in [0.4, 0.5) is 13.2 Å². The third kappa shape index (κ3) is 4.12. The van der Waals surface area contributed by atoms with E-state index < -0.39 is 29.4 Å². The number of carbonyl (C=O) groups is 1. The highest BCUT2D eigenvalue weighted by Gasteiger charge is 2.18. The molecule has 0 aliphatic rings. The second-order valence-corrected chi connectivity index (χ2v) is 5.98. The van der Waals surface area contributed by atoms with E-state index in [9.17, 15) is 18.0 Å². The maximum absolute atomic E-state index is 13.7. The Kier molecular flexibility index (Phi) is 5.18. The predicted molar refractivity (Wildman–Crippen MR) is 92.9 cm³/mol. The first-order chi connectivity index (χ1) is 12.8. The van der Waals surface area contributed by atoms with Crippen LogP contribution in [0.15, 0.2) is 48.7 Å². The highest BCUT2D eigenvalue weighted by molar-refractivity contribution is 5.94. The summed E-state index contributed by atoms with van der Waals surface area (Å²) in [7, 11) is 0. The number of aromatic nitrogens is 2. The molecule has 0 aliphatic carbocycles. The molecule has 0 saturated carbocycles. The topological polar surface area (TPSA) is 94.9 Å². The van der Waals surface area contributed by atoms with E-state index in [1.54, 1.807) is 6.07 Å². The summed E-state index contributed by atoms with van der Waals surface area (Å²) < 4.78 is 40.5. The van der Waals surface area contributed by atoms with E-state index in [4.69, 9.17) is 11.5 Å². The van der Waals surface area contributed by atoms with Crippen LogP contribution in [-0.4, -0.2) is 16.1 Å². The lowest BCUT2D eigenvalue weighted by molar-refractivity contribution is 0.0996. The summed E-state index contributed by atoms with van der Waals surface area (Å²) >= 11 is 0. The van der Waals surface area contributed by atoms with Gasteiger partial charge in [-0.3, -0.25) is 4.79 Å². The van der Waals surface area contributed by atoms with E-state index in [-0.39, 0.29) is 12.0 Å². The SMILES string of the molecule is NC(=O)c1cc(-c2ccnnc2C(N)Cc2cc(F)cc(F)c2)ccc1F. The first kappa shape index (κ1) is 18.5. The van der Waals surface area contributed by atoms with Gasteiger partial charge in [0, 0.05) is 11.6 Å². The van der Waals surface area contributed by atoms with E-state index in [1.165, 1.54) is 30.5 Å². The molecule has 0 radical (unpaired) electrons. The van der Waals surface area contributed by atoms with E-state index in [0.717, 1.165) is 12.1 Å². The monoisotopic (exact) mass is 372 g/mol. The Morgan fingerprint density at radius 3 is 2.41 bits per heavy atom. The van der Waals surface area contributed by atoms with Crippen molar-refractivity contribution in [2.24, 2.45) is 11.5 Å². The molecule has 3 aromatic rings. The molecule has 1 unspecified atom stereocenters. The minimum Gasteiger partial charge on any atom is -0.366 e. The molecule has 27 heavy (non-hydrogen) atoms. The van der Waals surface area contributed by atoms with Gasteiger partial charge in [0.15, 0.2) is 0 Å². The average Bonchev–Trinajstić information content (AvgIpc) is 2.61. The summed E-state index contributed by atoms with van der Waals surface area (Å²) in [6.07, 6.45) is 1.52. The Labute approximate surface area is 152 Å². The minimum atomic E-state index is -0.905. The maximum atomic E-state index is 13.7. The number of nitrogens with two attached hydrogens (primary N) is 2. The second-order valence-electron chi connectivity index (χ2n) is 5.98. The molecule has 1 amide bonds. The van der Waals surface area contributed by atoms with Crippen LogP contribution < -0.4 is 11.5 Å². The van der Waals surface area contributed by atoms with Crippen molar-refractivity contribution in [1.82, 2.24) is 10.2 Å². The molecular formula is C19H15F3N4O. The molecule has 1 heterocycles. The van der Waals surface area contributed by atoms with Gasteiger partial charge in [0.25, 0.3) is 5.91 Å². The Bertz CT molecular complexity index is 990. The van der Waals surface area contributed by atoms with Crippen LogP contribution in [-0.2, 0) is 6.42 Å². The number of hydrogen-bond acceptors (Lipinski definition) is 4. The number of primary amides is 1. The van der Waals surface area contributed by atoms with Crippen LogP contribution in [0.3, 0.4) is 0 Å². The van der Waals surface area contributed by atoms with Crippen molar-refractivity contribution >= 4 is 5.91 Å². The van der Waals surface area contributed by atoms with Gasteiger partial charge >= 0.3 is 0 Å². The standard InChI is InChI=1S/C19H15F3N4O/c20-12-5-10(6-13(21)9-12)7-17(23)18-14(3-4-25-26-18)11-1-2-16(22)15(8-11)19(24)27/h1-6,8-9,17H,7,23H2,(H2,24,27). The van der Waals surface area contributed by atoms with Crippen molar-refractivity contribution in [1.29, 1.82) is 0 Å². The van der Waals surface area contributed by atoms with Crippen LogP contribution in [0.1, 0.15) is 27.7 Å². The molecule has 0 spiro atoms. The van der Waals surface area contributed by atoms with E-state index in [2.05, 4.69) is 10.2 Å². The van der Waals surface area contributed by atoms with Crippen LogP contribution in [0.2, 0.25) is 0 Å². The number of benzene rings is 2. The van der Waals surface area contributed by atoms with Crippen molar-refractivity contribution in [2.45, 2.75) is 12.5 Å². The van der Waals surface area contributed by atoms with Crippen molar-refractivity contribution in [2.75, 3.05) is 0 Å². The molecular weight excluding hydrogens is 357 g/mol. The molecule has 0 saturated heterocycles. The summed E-state index contributed by atoms with van der Waals surface area (Å²) in [4.78, 5) is 11.4. The van der Waals surface area contributed by atoms with Crippen molar-refractivity contribution in [3.63, 3.8) is 0 Å². The minimum absolute atomic E-state index is 0.101. The van der Waals surface area contributed by atoms with Crippen molar-refractivity contribution in [3.8, 4) is 11.1 Å². The van der Waals surface area contributed by atoms with Gasteiger partial charge in [-0.2, -0.15) is 10.2 Å². The van der Waals surface area contributed by atoms with Crippen molar-refractivity contribution in [3.05, 3.63) is 82.9 Å². The molecule has 4 N–H and O–H groups in total. The third-order valence-corrected chi connectivity index (χ3v) is 4.02. The normalized spacial score (nSPS) is 12.0. The number of amides is 1. The zero-order chi connectivity index (χ0) is 19.6. The molecule has 0 fully saturated rings. The third-order valence-electron chi connectivity index (χ3n) is 4.02. The lowest BCUT2D eigenvalue weighted by Crippen LogP contribution is -2.17. The zero-order valence-corrected chi connectivity index (χ0v) is 14.0. The van der Waals surface area contributed by atoms with Gasteiger partial charge in [0.1, 0.15) is 17.5 Å². The Morgan fingerprint density at radius 2 is 1.74 bits per heavy atom. The van der Waals surface area contributed by atoms with Gasteiger partial charge in [-0.1, -0.05) is 6.07 Å². The summed E-state index contributed by atoms with van der Waals surface area (Å²) in [6, 6.07) is 7.87. The summed E-state index contributed by atoms with van der Waals surface area (Å²) in [6.45, 7) is 0. The van der Waals surface area contributed by atoms with E-state index in [0.29, 0.717) is 22.4 Å². The molecule has 1 aromatic heterocycles. The van der Waals surface area contributed by atoms with Crippen LogP contribution >= 0.6 is 0 Å². The number of halogens is 3. The van der Waals surface area contributed by atoms with Crippen LogP contribution in [0.25, 0.3) is 11.1 Å². The Hall–Kier alpha value is -3.26. The average molecular weight is 372 g/mol. The van der Waals surface area contributed by atoms with Crippen LogP contribution in [0, 0.1) is 17.5 Å². The quantitative estimate of drug-likeness (QED) is 0.720. The van der Waals surface area contributed by atoms with Gasteiger partial charge < -0.3 is 11.5 Å². The molecule has 8 heteroatoms. The van der Waals surface area contributed by atoms with Gasteiger partial charge in [-0.15, -0.1) is 0 Å². The van der Waals surface area contributed by atoms with Crippen LogP contribution in [0.5, 0.6) is 0 Å². The lowest BCUT2D eigenvalue weighted by atomic mass is 9.95. The second kappa shape index (κ2) is 7.55. The molecule has 0 bridgehead atoms. The molecule has 3 rings (SSSR count). The van der Waals surface area contributed by atoms with Crippen molar-refractivity contribution < 1.29 is 18.0 Å². The van der Waals surface area contributed by atoms with E-state index in [1.807, 2.05) is 0 Å². The van der Waals surface area contributed by atoms with Gasteiger partial charge in [0.2, 0.25) is 0 Å². The molecule has 1 atom stereocenters. The van der Waals surface area contributed by atoms with E-state index >= 15 is 0 Å². The predicted octanol–water partition coefficient (Wildman–Crippen LogP) is 2.90. The van der Waals surface area contributed by atoms with Gasteiger partial charge in [-0.05, 0) is 47.9 Å². The summed E-state index contributed by atoms with van der Waals surface area (Å²) in [5, 5.41) is 7.82. The molecule has 0 aliphatic heterocycles.